The van der Waals surface area contributed by atoms with E-state index in [4.69, 9.17) is 20.5 Å². The molecule has 0 unspecified atom stereocenters. The van der Waals surface area contributed by atoms with E-state index in [1.807, 2.05) is 0 Å². The molecule has 12 nitrogen and oxygen atoms in total. The first-order valence-corrected chi connectivity index (χ1v) is 17.1. The van der Waals surface area contributed by atoms with Crippen molar-refractivity contribution in [2.75, 3.05) is 13.2 Å². The van der Waals surface area contributed by atoms with Crippen LogP contribution in [0.2, 0.25) is 0 Å². The van der Waals surface area contributed by atoms with Crippen LogP contribution in [0.1, 0.15) is 134 Å². The smallest absolute Gasteiger partial charge is 0.461 e. The standard InChI is InChI=1S/C38H45N5O4.Cs.N3/c1-35(2)25-11-15-29(40-25)37(5)19-7-21-46-33(44)23-9-10-24(39-23)34(45)47-22-8-20-38(6,30-16-12-26(35)41-30)32-18-14-28(43-32)36(3,4)27-13-17-31(37)42-27;;1-3-2/h9-18,39-43H,7-8,19-22H2,1-6H3;;/q;+1;-1. The second kappa shape index (κ2) is 15.0. The molecule has 12 bridgehead atoms. The van der Waals surface area contributed by atoms with Gasteiger partial charge in [0, 0.05) is 67.2 Å². The zero-order valence-electron chi connectivity index (χ0n) is 30.5. The van der Waals surface area contributed by atoms with Crippen LogP contribution >= 0.6 is 0 Å². The minimum atomic E-state index is -0.493. The van der Waals surface area contributed by atoms with Crippen LogP contribution in [-0.4, -0.2) is 50.1 Å². The van der Waals surface area contributed by atoms with Crippen molar-refractivity contribution in [1.82, 2.24) is 24.9 Å². The molecule has 5 aromatic rings. The van der Waals surface area contributed by atoms with Gasteiger partial charge in [0.2, 0.25) is 0 Å². The number of carbonyl (C=O) groups excluding carboxylic acids is 2. The fourth-order valence-electron chi connectivity index (χ4n) is 7.42. The Balaban J connectivity index is 0.00000122. The molecule has 0 radical (unpaired) electrons. The minimum absolute atomic E-state index is 0. The molecule has 51 heavy (non-hydrogen) atoms. The molecule has 8 rings (SSSR count). The first kappa shape index (κ1) is 38.9. The van der Waals surface area contributed by atoms with Crippen LogP contribution in [0.3, 0.4) is 0 Å². The first-order valence-electron chi connectivity index (χ1n) is 17.1. The van der Waals surface area contributed by atoms with Crippen LogP contribution < -0.4 is 68.9 Å². The fraction of sp³-hybridized carbons (Fsp3) is 0.421. The van der Waals surface area contributed by atoms with E-state index in [1.54, 1.807) is 12.1 Å². The van der Waals surface area contributed by atoms with Gasteiger partial charge in [-0.3, -0.25) is 4.91 Å². The summed E-state index contributed by atoms with van der Waals surface area (Å²) in [6.07, 6.45) is 2.71. The maximum absolute atomic E-state index is 12.9. The summed E-state index contributed by atoms with van der Waals surface area (Å²) in [7, 11) is 0. The van der Waals surface area contributed by atoms with Crippen molar-refractivity contribution >= 4 is 11.9 Å². The van der Waals surface area contributed by atoms with Crippen molar-refractivity contribution in [2.24, 2.45) is 0 Å². The monoisotopic (exact) mass is 810 g/mol. The summed E-state index contributed by atoms with van der Waals surface area (Å²) in [5.41, 5.74) is 21.3. The van der Waals surface area contributed by atoms with E-state index in [0.29, 0.717) is 12.8 Å². The van der Waals surface area contributed by atoms with E-state index in [2.05, 4.69) is 115 Å². The number of esters is 2. The van der Waals surface area contributed by atoms with Crippen LogP contribution in [-0.2, 0) is 31.1 Å². The number of aromatic nitrogens is 5. The number of nitrogens with one attached hydrogen (secondary N) is 5. The Morgan fingerprint density at radius 3 is 1.08 bits per heavy atom. The Kier molecular flexibility index (Phi) is 11.4. The number of carbonyl (C=O) groups is 2. The van der Waals surface area contributed by atoms with Crippen molar-refractivity contribution in [3.05, 3.63) is 134 Å². The largest absolute Gasteiger partial charge is 1.00 e. The summed E-state index contributed by atoms with van der Waals surface area (Å²) in [6, 6.07) is 20.7. The van der Waals surface area contributed by atoms with Crippen molar-refractivity contribution in [1.29, 1.82) is 0 Å². The van der Waals surface area contributed by atoms with Gasteiger partial charge in [0.05, 0.1) is 13.2 Å². The van der Waals surface area contributed by atoms with Gasteiger partial charge >= 0.3 is 80.8 Å². The van der Waals surface area contributed by atoms with Crippen molar-refractivity contribution in [2.45, 2.75) is 88.9 Å². The number of H-pyrrole nitrogens is 5. The summed E-state index contributed by atoms with van der Waals surface area (Å²) >= 11 is 0. The van der Waals surface area contributed by atoms with E-state index in [0.717, 1.165) is 58.4 Å². The average molecular weight is 811 g/mol. The molecule has 262 valence electrons. The number of rotatable bonds is 0. The Hall–Kier alpha value is -3.30. The SMILES string of the molecule is CC1(C)c2ccc([nH]2)C2(C)CCCOC(=O)c3ccc([nH]3)C(=O)OCCCC(C)(c3ccc1[nH]3)c1ccc([nH]1)C(C)(C)c1ccc2[nH]1.[Cs+].[N-]=[N+]=[N-]. The van der Waals surface area contributed by atoms with Gasteiger partial charge in [0.25, 0.3) is 0 Å². The molecule has 3 aliphatic heterocycles. The van der Waals surface area contributed by atoms with Gasteiger partial charge in [-0.25, -0.2) is 9.59 Å². The molecule has 0 spiro atoms. The molecule has 0 atom stereocenters. The molecule has 0 aromatic carbocycles. The Morgan fingerprint density at radius 1 is 0.510 bits per heavy atom. The van der Waals surface area contributed by atoms with Crippen LogP contribution in [0.5, 0.6) is 0 Å². The van der Waals surface area contributed by atoms with Gasteiger partial charge in [0.1, 0.15) is 11.4 Å². The van der Waals surface area contributed by atoms with Gasteiger partial charge in [-0.15, -0.1) is 0 Å². The van der Waals surface area contributed by atoms with Gasteiger partial charge in [0.15, 0.2) is 0 Å². The molecule has 0 fully saturated rings. The first-order chi connectivity index (χ1) is 23.7. The van der Waals surface area contributed by atoms with E-state index in [-0.39, 0.29) is 104 Å². The molecule has 0 saturated carbocycles. The second-order valence-electron chi connectivity index (χ2n) is 14.9. The number of nitrogens with zero attached hydrogens (tertiary/aromatic N) is 3. The van der Waals surface area contributed by atoms with Crippen molar-refractivity contribution in [3.8, 4) is 0 Å². The zero-order valence-corrected chi connectivity index (χ0v) is 36.8. The summed E-state index contributed by atoms with van der Waals surface area (Å²) < 4.78 is 11.3. The van der Waals surface area contributed by atoms with Crippen LogP contribution in [0.4, 0.5) is 0 Å². The van der Waals surface area contributed by atoms with E-state index < -0.39 is 22.8 Å². The fourth-order valence-corrected chi connectivity index (χ4v) is 7.42. The van der Waals surface area contributed by atoms with Crippen molar-refractivity contribution < 1.29 is 88.0 Å². The van der Waals surface area contributed by atoms with Gasteiger partial charge < -0.3 is 45.5 Å². The quantitative estimate of drug-likeness (QED) is 0.0610. The summed E-state index contributed by atoms with van der Waals surface area (Å²) in [4.78, 5) is 45.5. The third-order valence-electron chi connectivity index (χ3n) is 11.0. The third kappa shape index (κ3) is 7.22. The Bertz CT molecular complexity index is 1830. The van der Waals surface area contributed by atoms with Crippen LogP contribution in [0, 0.1) is 0 Å². The summed E-state index contributed by atoms with van der Waals surface area (Å²) in [6.45, 7) is 13.9. The Labute approximate surface area is 356 Å². The minimum Gasteiger partial charge on any atom is -0.461 e. The summed E-state index contributed by atoms with van der Waals surface area (Å²) in [5, 5.41) is 0. The number of ether oxygens (including phenoxy) is 2. The van der Waals surface area contributed by atoms with E-state index in [1.165, 1.54) is 4.91 Å². The van der Waals surface area contributed by atoms with E-state index in [9.17, 15) is 9.59 Å². The second-order valence-corrected chi connectivity index (χ2v) is 14.9. The molecule has 5 N–H and O–H groups in total. The predicted molar refractivity (Wildman–Crippen MR) is 190 cm³/mol. The molecule has 13 heteroatoms. The normalized spacial score (nSPS) is 22.6. The van der Waals surface area contributed by atoms with Gasteiger partial charge in [-0.1, -0.05) is 0 Å². The maximum Gasteiger partial charge on any atom is 1.00 e. The molecule has 0 saturated heterocycles. The molecule has 5 aromatic heterocycles. The van der Waals surface area contributed by atoms with Crippen LogP contribution in [0.25, 0.3) is 16.0 Å². The van der Waals surface area contributed by atoms with Gasteiger partial charge in [-0.2, -0.15) is 0 Å². The number of fused-ring (bicyclic) bond motifs is 8. The molecular weight excluding hydrogens is 765 g/mol. The molecule has 0 amide bonds. The van der Waals surface area contributed by atoms with Gasteiger partial charge in [-0.05, 0) is 128 Å². The van der Waals surface area contributed by atoms with E-state index >= 15 is 0 Å². The molecule has 3 aliphatic rings. The predicted octanol–water partition coefficient (Wildman–Crippen LogP) is 5.36. The molecular formula is C38H45CsN8O4. The average Bonchev–Trinajstić information content (AvgIpc) is 3.92. The number of hydrogen-bond donors (Lipinski definition) is 5. The Morgan fingerprint density at radius 2 is 0.784 bits per heavy atom. The molecule has 8 heterocycles. The number of hydrogen-bond acceptors (Lipinski definition) is 4. The van der Waals surface area contributed by atoms with Crippen molar-refractivity contribution in [3.63, 3.8) is 0 Å². The third-order valence-corrected chi connectivity index (χ3v) is 11.0. The van der Waals surface area contributed by atoms with Crippen LogP contribution in [0.15, 0.2) is 60.7 Å². The topological polar surface area (TPSA) is 190 Å². The number of aromatic amines is 5. The summed E-state index contributed by atoms with van der Waals surface area (Å²) in [5.74, 6) is -0.986. The maximum atomic E-state index is 12.9. The zero-order chi connectivity index (χ0) is 35.9. The molecule has 0 aliphatic carbocycles.